The fraction of sp³-hybridized carbons (Fsp3) is 0.312. The second kappa shape index (κ2) is 5.92. The Kier molecular flexibility index (Phi) is 3.83. The predicted octanol–water partition coefficient (Wildman–Crippen LogP) is 2.97. The molecule has 0 saturated carbocycles. The van der Waals surface area contributed by atoms with Gasteiger partial charge in [-0.2, -0.15) is 0 Å². The van der Waals surface area contributed by atoms with Crippen LogP contribution in [-0.4, -0.2) is 31.3 Å². The van der Waals surface area contributed by atoms with Crippen LogP contribution in [0.15, 0.2) is 42.7 Å². The van der Waals surface area contributed by atoms with Crippen molar-refractivity contribution in [3.8, 4) is 0 Å². The Balaban J connectivity index is 1.89. The number of hydrogen-bond donors (Lipinski definition) is 1. The molecule has 1 aliphatic heterocycles. The van der Waals surface area contributed by atoms with Gasteiger partial charge in [0.25, 0.3) is 0 Å². The Morgan fingerprint density at radius 2 is 2.05 bits per heavy atom. The molecule has 1 aromatic carbocycles. The van der Waals surface area contributed by atoms with Gasteiger partial charge < -0.3 is 15.0 Å². The maximum absolute atomic E-state index is 5.44. The Morgan fingerprint density at radius 3 is 2.80 bits per heavy atom. The van der Waals surface area contributed by atoms with Crippen molar-refractivity contribution in [2.75, 3.05) is 36.5 Å². The molecule has 2 aromatic rings. The Bertz CT molecular complexity index is 565. The number of hydrogen-bond acceptors (Lipinski definition) is 4. The molecule has 20 heavy (non-hydrogen) atoms. The quantitative estimate of drug-likeness (QED) is 0.929. The number of pyridine rings is 1. The van der Waals surface area contributed by atoms with Gasteiger partial charge in [0.05, 0.1) is 36.5 Å². The molecule has 1 aliphatic rings. The molecule has 0 amide bonds. The highest BCUT2D eigenvalue weighted by Crippen LogP contribution is 2.30. The highest BCUT2D eigenvalue weighted by molar-refractivity contribution is 5.75. The number of nitrogens with one attached hydrogen (secondary N) is 1. The van der Waals surface area contributed by atoms with Crippen LogP contribution in [0.5, 0.6) is 0 Å². The van der Waals surface area contributed by atoms with E-state index in [9.17, 15) is 0 Å². The van der Waals surface area contributed by atoms with E-state index in [1.54, 1.807) is 6.20 Å². The molecule has 4 nitrogen and oxygen atoms in total. The molecule has 1 fully saturated rings. The van der Waals surface area contributed by atoms with Gasteiger partial charge in [-0.3, -0.25) is 4.98 Å². The van der Waals surface area contributed by atoms with E-state index in [2.05, 4.69) is 40.3 Å². The summed E-state index contributed by atoms with van der Waals surface area (Å²) in [5, 5.41) is 3.45. The van der Waals surface area contributed by atoms with Crippen LogP contribution in [0, 0.1) is 6.92 Å². The zero-order chi connectivity index (χ0) is 13.8. The average molecular weight is 269 g/mol. The highest BCUT2D eigenvalue weighted by Gasteiger charge is 2.15. The third-order valence-corrected chi connectivity index (χ3v) is 3.45. The molecule has 0 radical (unpaired) electrons. The summed E-state index contributed by atoms with van der Waals surface area (Å²) in [6.45, 7) is 5.58. The van der Waals surface area contributed by atoms with Crippen LogP contribution < -0.4 is 10.2 Å². The van der Waals surface area contributed by atoms with E-state index in [1.807, 2.05) is 18.3 Å². The first-order chi connectivity index (χ1) is 9.83. The van der Waals surface area contributed by atoms with Gasteiger partial charge in [-0.05, 0) is 36.8 Å². The maximum atomic E-state index is 5.44. The average Bonchev–Trinajstić information content (AvgIpc) is 2.51. The first-order valence-corrected chi connectivity index (χ1v) is 6.93. The standard InChI is InChI=1S/C16H19N3O/c1-13-4-5-15(18-14-3-2-6-17-12-14)16(11-13)19-7-9-20-10-8-19/h2-6,11-12,18H,7-10H2,1H3. The van der Waals surface area contributed by atoms with Crippen molar-refractivity contribution in [3.05, 3.63) is 48.3 Å². The first-order valence-electron chi connectivity index (χ1n) is 6.93. The lowest BCUT2D eigenvalue weighted by Crippen LogP contribution is -2.36. The van der Waals surface area contributed by atoms with Crippen molar-refractivity contribution in [2.45, 2.75) is 6.92 Å². The third kappa shape index (κ3) is 2.91. The van der Waals surface area contributed by atoms with E-state index in [0.717, 1.165) is 37.7 Å². The molecule has 0 spiro atoms. The van der Waals surface area contributed by atoms with Gasteiger partial charge in [-0.25, -0.2) is 0 Å². The minimum Gasteiger partial charge on any atom is -0.378 e. The van der Waals surface area contributed by atoms with Crippen LogP contribution >= 0.6 is 0 Å². The third-order valence-electron chi connectivity index (χ3n) is 3.45. The summed E-state index contributed by atoms with van der Waals surface area (Å²) < 4.78 is 5.44. The molecule has 4 heteroatoms. The first kappa shape index (κ1) is 12.9. The normalized spacial score (nSPS) is 15.2. The Morgan fingerprint density at radius 1 is 1.20 bits per heavy atom. The van der Waals surface area contributed by atoms with Gasteiger partial charge in [0.15, 0.2) is 0 Å². The minimum absolute atomic E-state index is 0.792. The molecule has 2 heterocycles. The second-order valence-corrected chi connectivity index (χ2v) is 4.99. The Hall–Kier alpha value is -2.07. The number of nitrogens with zero attached hydrogens (tertiary/aromatic N) is 2. The molecule has 0 unspecified atom stereocenters. The number of benzene rings is 1. The molecule has 1 aromatic heterocycles. The molecule has 0 bridgehead atoms. The summed E-state index contributed by atoms with van der Waals surface area (Å²) in [5.41, 5.74) is 4.62. The zero-order valence-corrected chi connectivity index (χ0v) is 11.7. The fourth-order valence-corrected chi connectivity index (χ4v) is 2.41. The van der Waals surface area contributed by atoms with Gasteiger partial charge >= 0.3 is 0 Å². The van der Waals surface area contributed by atoms with Crippen molar-refractivity contribution >= 4 is 17.1 Å². The van der Waals surface area contributed by atoms with Gasteiger partial charge in [0, 0.05) is 19.3 Å². The number of anilines is 3. The molecular weight excluding hydrogens is 250 g/mol. The van der Waals surface area contributed by atoms with Crippen molar-refractivity contribution in [2.24, 2.45) is 0 Å². The van der Waals surface area contributed by atoms with Gasteiger partial charge in [-0.1, -0.05) is 6.07 Å². The summed E-state index contributed by atoms with van der Waals surface area (Å²) >= 11 is 0. The van der Waals surface area contributed by atoms with Crippen LogP contribution in [-0.2, 0) is 4.74 Å². The minimum atomic E-state index is 0.792. The lowest BCUT2D eigenvalue weighted by atomic mass is 10.1. The van der Waals surface area contributed by atoms with E-state index in [-0.39, 0.29) is 0 Å². The summed E-state index contributed by atoms with van der Waals surface area (Å²) in [6.07, 6.45) is 3.62. The van der Waals surface area contributed by atoms with E-state index >= 15 is 0 Å². The smallest absolute Gasteiger partial charge is 0.0642 e. The van der Waals surface area contributed by atoms with Gasteiger partial charge in [0.1, 0.15) is 0 Å². The van der Waals surface area contributed by atoms with Crippen molar-refractivity contribution in [3.63, 3.8) is 0 Å². The van der Waals surface area contributed by atoms with E-state index in [0.29, 0.717) is 0 Å². The number of aromatic nitrogens is 1. The van der Waals surface area contributed by atoms with Gasteiger partial charge in [0.2, 0.25) is 0 Å². The van der Waals surface area contributed by atoms with E-state index < -0.39 is 0 Å². The summed E-state index contributed by atoms with van der Waals surface area (Å²) in [4.78, 5) is 6.51. The maximum Gasteiger partial charge on any atom is 0.0642 e. The lowest BCUT2D eigenvalue weighted by molar-refractivity contribution is 0.123. The predicted molar refractivity (Wildman–Crippen MR) is 81.7 cm³/mol. The van der Waals surface area contributed by atoms with E-state index in [4.69, 9.17) is 4.74 Å². The van der Waals surface area contributed by atoms with Crippen LogP contribution in [0.1, 0.15) is 5.56 Å². The Labute approximate surface area is 119 Å². The van der Waals surface area contributed by atoms with Crippen LogP contribution in [0.2, 0.25) is 0 Å². The molecule has 1 saturated heterocycles. The van der Waals surface area contributed by atoms with Crippen molar-refractivity contribution in [1.82, 2.24) is 4.98 Å². The number of morpholine rings is 1. The molecule has 104 valence electrons. The van der Waals surface area contributed by atoms with E-state index in [1.165, 1.54) is 11.3 Å². The molecular formula is C16H19N3O. The fourth-order valence-electron chi connectivity index (χ4n) is 2.41. The molecule has 0 aliphatic carbocycles. The largest absolute Gasteiger partial charge is 0.378 e. The molecule has 3 rings (SSSR count). The highest BCUT2D eigenvalue weighted by atomic mass is 16.5. The number of rotatable bonds is 3. The van der Waals surface area contributed by atoms with Crippen LogP contribution in [0.25, 0.3) is 0 Å². The van der Waals surface area contributed by atoms with Crippen LogP contribution in [0.4, 0.5) is 17.1 Å². The summed E-state index contributed by atoms with van der Waals surface area (Å²) in [5.74, 6) is 0. The second-order valence-electron chi connectivity index (χ2n) is 4.99. The zero-order valence-electron chi connectivity index (χ0n) is 11.7. The summed E-state index contributed by atoms with van der Waals surface area (Å²) in [6, 6.07) is 10.4. The lowest BCUT2D eigenvalue weighted by Gasteiger charge is -2.31. The molecule has 0 atom stereocenters. The summed E-state index contributed by atoms with van der Waals surface area (Å²) in [7, 11) is 0. The molecule has 1 N–H and O–H groups in total. The SMILES string of the molecule is Cc1ccc(Nc2cccnc2)c(N2CCOCC2)c1. The number of ether oxygens (including phenoxy) is 1. The van der Waals surface area contributed by atoms with Crippen molar-refractivity contribution in [1.29, 1.82) is 0 Å². The van der Waals surface area contributed by atoms with Crippen molar-refractivity contribution < 1.29 is 4.74 Å². The van der Waals surface area contributed by atoms with Gasteiger partial charge in [-0.15, -0.1) is 0 Å². The monoisotopic (exact) mass is 269 g/mol. The number of aryl methyl sites for hydroxylation is 1. The topological polar surface area (TPSA) is 37.4 Å². The van der Waals surface area contributed by atoms with Crippen LogP contribution in [0.3, 0.4) is 0 Å².